The molecule has 1 saturated carbocycles. The first-order chi connectivity index (χ1) is 9.54. The summed E-state index contributed by atoms with van der Waals surface area (Å²) < 4.78 is 24.5. The van der Waals surface area contributed by atoms with Crippen molar-refractivity contribution in [1.29, 1.82) is 0 Å². The van der Waals surface area contributed by atoms with E-state index in [0.717, 1.165) is 11.5 Å². The van der Waals surface area contributed by atoms with Crippen molar-refractivity contribution in [3.8, 4) is 0 Å². The summed E-state index contributed by atoms with van der Waals surface area (Å²) in [6, 6.07) is 2.07. The van der Waals surface area contributed by atoms with Crippen LogP contribution in [-0.2, 0) is 10.0 Å². The summed E-state index contributed by atoms with van der Waals surface area (Å²) in [6.45, 7) is 2.44. The monoisotopic (exact) mass is 296 g/mol. The van der Waals surface area contributed by atoms with Gasteiger partial charge in [0.25, 0.3) is 0 Å². The number of anilines is 1. The van der Waals surface area contributed by atoms with Crippen molar-refractivity contribution in [3.05, 3.63) is 18.1 Å². The molecule has 0 aromatic carbocycles. The van der Waals surface area contributed by atoms with Gasteiger partial charge in [0.15, 0.2) is 0 Å². The third-order valence-electron chi connectivity index (χ3n) is 4.23. The molecule has 110 valence electrons. The molecule has 2 fully saturated rings. The van der Waals surface area contributed by atoms with Crippen molar-refractivity contribution >= 4 is 15.8 Å². The lowest BCUT2D eigenvalue weighted by atomic mass is 9.83. The van der Waals surface area contributed by atoms with Crippen molar-refractivity contribution in [2.45, 2.75) is 25.2 Å². The molecule has 0 amide bonds. The number of hydrogen-bond acceptors (Lipinski definition) is 5. The first-order valence-electron chi connectivity index (χ1n) is 7.06. The fraction of sp³-hybridized carbons (Fsp3) is 0.692. The van der Waals surface area contributed by atoms with Gasteiger partial charge in [0, 0.05) is 43.9 Å². The average molecular weight is 296 g/mol. The number of rotatable bonds is 3. The molecule has 0 atom stereocenters. The van der Waals surface area contributed by atoms with E-state index in [0.29, 0.717) is 32.1 Å². The molecule has 2 heterocycles. The van der Waals surface area contributed by atoms with Gasteiger partial charge in [-0.25, -0.2) is 18.4 Å². The predicted molar refractivity (Wildman–Crippen MR) is 77.3 cm³/mol. The highest BCUT2D eigenvalue weighted by Gasteiger charge is 2.25. The molecule has 3 rings (SSSR count). The Morgan fingerprint density at radius 3 is 2.40 bits per heavy atom. The van der Waals surface area contributed by atoms with Crippen LogP contribution in [0.5, 0.6) is 0 Å². The van der Waals surface area contributed by atoms with Gasteiger partial charge >= 0.3 is 0 Å². The topological polar surface area (TPSA) is 66.4 Å². The highest BCUT2D eigenvalue weighted by Crippen LogP contribution is 2.35. The number of nitrogens with zero attached hydrogens (tertiary/aromatic N) is 4. The average Bonchev–Trinajstić information content (AvgIpc) is 2.36. The Bertz CT molecular complexity index is 578. The van der Waals surface area contributed by atoms with Gasteiger partial charge in [-0.15, -0.1) is 0 Å². The molecule has 7 heteroatoms. The summed E-state index contributed by atoms with van der Waals surface area (Å²) in [5.41, 5.74) is 1.13. The van der Waals surface area contributed by atoms with Crippen LogP contribution < -0.4 is 4.90 Å². The molecule has 0 unspecified atom stereocenters. The van der Waals surface area contributed by atoms with Crippen LogP contribution in [-0.4, -0.2) is 55.1 Å². The molecular weight excluding hydrogens is 276 g/mol. The zero-order valence-electron chi connectivity index (χ0n) is 11.7. The summed E-state index contributed by atoms with van der Waals surface area (Å²) in [6.07, 6.45) is 6.63. The Labute approximate surface area is 119 Å². The van der Waals surface area contributed by atoms with Gasteiger partial charge in [0.1, 0.15) is 12.1 Å². The van der Waals surface area contributed by atoms with Gasteiger partial charge in [-0.2, -0.15) is 4.31 Å². The van der Waals surface area contributed by atoms with Crippen LogP contribution in [0.2, 0.25) is 0 Å². The van der Waals surface area contributed by atoms with Crippen LogP contribution in [0.4, 0.5) is 5.82 Å². The van der Waals surface area contributed by atoms with E-state index >= 15 is 0 Å². The van der Waals surface area contributed by atoms with Crippen LogP contribution in [0, 0.1) is 0 Å². The van der Waals surface area contributed by atoms with Crippen molar-refractivity contribution in [2.24, 2.45) is 0 Å². The Balaban J connectivity index is 1.68. The predicted octanol–water partition coefficient (Wildman–Crippen LogP) is 0.826. The number of sulfonamides is 1. The quantitative estimate of drug-likeness (QED) is 0.826. The zero-order chi connectivity index (χ0) is 14.2. The first kappa shape index (κ1) is 13.8. The minimum absolute atomic E-state index is 0.529. The molecule has 1 saturated heterocycles. The zero-order valence-corrected chi connectivity index (χ0v) is 12.5. The standard InChI is InChI=1S/C13H20N4O2S/c1-20(18,19)17-7-5-16(6-8-17)13-9-12(14-10-15-13)11-3-2-4-11/h9-11H,2-8H2,1H3. The third kappa shape index (κ3) is 2.78. The maximum Gasteiger partial charge on any atom is 0.211 e. The molecular formula is C13H20N4O2S. The van der Waals surface area contributed by atoms with Crippen molar-refractivity contribution in [1.82, 2.24) is 14.3 Å². The fourth-order valence-corrected chi connectivity index (χ4v) is 3.54. The molecule has 1 aliphatic heterocycles. The van der Waals surface area contributed by atoms with E-state index in [1.54, 1.807) is 6.33 Å². The van der Waals surface area contributed by atoms with Gasteiger partial charge < -0.3 is 4.90 Å². The maximum atomic E-state index is 11.5. The van der Waals surface area contributed by atoms with Crippen LogP contribution >= 0.6 is 0 Å². The second-order valence-corrected chi connectivity index (χ2v) is 7.56. The Kier molecular flexibility index (Phi) is 3.64. The largest absolute Gasteiger partial charge is 0.354 e. The molecule has 0 spiro atoms. The van der Waals surface area contributed by atoms with Crippen LogP contribution in [0.3, 0.4) is 0 Å². The molecule has 2 aliphatic rings. The van der Waals surface area contributed by atoms with Crippen molar-refractivity contribution in [3.63, 3.8) is 0 Å². The number of piperazine rings is 1. The highest BCUT2D eigenvalue weighted by atomic mass is 32.2. The summed E-state index contributed by atoms with van der Waals surface area (Å²) in [7, 11) is -3.07. The highest BCUT2D eigenvalue weighted by molar-refractivity contribution is 7.88. The lowest BCUT2D eigenvalue weighted by Gasteiger charge is -2.34. The molecule has 1 aromatic heterocycles. The van der Waals surface area contributed by atoms with Crippen molar-refractivity contribution < 1.29 is 8.42 Å². The molecule has 6 nitrogen and oxygen atoms in total. The minimum Gasteiger partial charge on any atom is -0.354 e. The molecule has 0 bridgehead atoms. The fourth-order valence-electron chi connectivity index (χ4n) is 2.71. The van der Waals surface area contributed by atoms with E-state index in [2.05, 4.69) is 20.9 Å². The van der Waals surface area contributed by atoms with E-state index in [9.17, 15) is 8.42 Å². The Morgan fingerprint density at radius 2 is 1.85 bits per heavy atom. The molecule has 0 radical (unpaired) electrons. The normalized spacial score (nSPS) is 21.8. The van der Waals surface area contributed by atoms with E-state index in [1.807, 2.05) is 0 Å². The lowest BCUT2D eigenvalue weighted by molar-refractivity contribution is 0.386. The van der Waals surface area contributed by atoms with E-state index in [4.69, 9.17) is 0 Å². The maximum absolute atomic E-state index is 11.5. The SMILES string of the molecule is CS(=O)(=O)N1CCN(c2cc(C3CCC3)ncn2)CC1. The summed E-state index contributed by atoms with van der Waals surface area (Å²) in [4.78, 5) is 10.8. The number of hydrogen-bond donors (Lipinski definition) is 0. The van der Waals surface area contributed by atoms with E-state index in [1.165, 1.54) is 29.8 Å². The first-order valence-corrected chi connectivity index (χ1v) is 8.91. The smallest absolute Gasteiger partial charge is 0.211 e. The lowest BCUT2D eigenvalue weighted by Crippen LogP contribution is -2.48. The summed E-state index contributed by atoms with van der Waals surface area (Å²) in [5.74, 6) is 1.52. The van der Waals surface area contributed by atoms with Crippen LogP contribution in [0.15, 0.2) is 12.4 Å². The molecule has 0 N–H and O–H groups in total. The third-order valence-corrected chi connectivity index (χ3v) is 5.53. The van der Waals surface area contributed by atoms with Gasteiger partial charge in [-0.3, -0.25) is 0 Å². The molecule has 1 aromatic rings. The van der Waals surface area contributed by atoms with Gasteiger partial charge in [-0.05, 0) is 12.8 Å². The van der Waals surface area contributed by atoms with Gasteiger partial charge in [0.2, 0.25) is 10.0 Å². The van der Waals surface area contributed by atoms with Gasteiger partial charge in [0.05, 0.1) is 6.26 Å². The minimum atomic E-state index is -3.07. The molecule has 20 heavy (non-hydrogen) atoms. The van der Waals surface area contributed by atoms with Crippen LogP contribution in [0.1, 0.15) is 30.9 Å². The van der Waals surface area contributed by atoms with Gasteiger partial charge in [-0.1, -0.05) is 6.42 Å². The Morgan fingerprint density at radius 1 is 1.15 bits per heavy atom. The summed E-state index contributed by atoms with van der Waals surface area (Å²) in [5, 5.41) is 0. The summed E-state index contributed by atoms with van der Waals surface area (Å²) >= 11 is 0. The second kappa shape index (κ2) is 5.29. The number of aromatic nitrogens is 2. The van der Waals surface area contributed by atoms with Crippen molar-refractivity contribution in [2.75, 3.05) is 37.3 Å². The van der Waals surface area contributed by atoms with Crippen LogP contribution in [0.25, 0.3) is 0 Å². The van der Waals surface area contributed by atoms with E-state index < -0.39 is 10.0 Å². The molecule has 1 aliphatic carbocycles. The Hall–Kier alpha value is -1.21. The second-order valence-electron chi connectivity index (χ2n) is 5.58. The van der Waals surface area contributed by atoms with E-state index in [-0.39, 0.29) is 0 Å².